The molecule has 23 heavy (non-hydrogen) atoms. The van der Waals surface area contributed by atoms with Crippen LogP contribution < -0.4 is 0 Å². The van der Waals surface area contributed by atoms with Crippen molar-refractivity contribution in [1.29, 1.82) is 0 Å². The number of carbonyl (C=O) groups excluding carboxylic acids is 1. The summed E-state index contributed by atoms with van der Waals surface area (Å²) in [6.07, 6.45) is 20.3. The molecule has 0 aliphatic rings. The number of carbonyl (C=O) groups is 1. The average Bonchev–Trinajstić information content (AvgIpc) is 2.57. The van der Waals surface area contributed by atoms with Crippen LogP contribution in [0.3, 0.4) is 0 Å². The Morgan fingerprint density at radius 1 is 0.696 bits per heavy atom. The largest absolute Gasteiger partial charge is 0.469 e. The predicted octanol–water partition coefficient (Wildman–Crippen LogP) is 6.76. The zero-order valence-electron chi connectivity index (χ0n) is 15.7. The second-order valence-corrected chi connectivity index (χ2v) is 7.76. The Bertz CT molecular complexity index is 244. The standard InChI is InChI=1S/C20H40O2S/c1-3-4-5-6-7-8-9-10-11-12-13-14-15-16-18-23-19-17-20(21)22-2/h3-19H2,1-2H3. The zero-order chi connectivity index (χ0) is 17.0. The quantitative estimate of drug-likeness (QED) is 0.203. The predicted molar refractivity (Wildman–Crippen MR) is 104 cm³/mol. The first-order valence-electron chi connectivity index (χ1n) is 9.95. The van der Waals surface area contributed by atoms with Crippen LogP contribution in [0.1, 0.15) is 103 Å². The van der Waals surface area contributed by atoms with Crippen LogP contribution >= 0.6 is 11.8 Å². The minimum absolute atomic E-state index is 0.0848. The summed E-state index contributed by atoms with van der Waals surface area (Å²) in [5.41, 5.74) is 0. The van der Waals surface area contributed by atoms with Gasteiger partial charge in [0.2, 0.25) is 0 Å². The molecule has 138 valence electrons. The van der Waals surface area contributed by atoms with Gasteiger partial charge in [-0.2, -0.15) is 11.8 Å². The number of thioether (sulfide) groups is 1. The van der Waals surface area contributed by atoms with Gasteiger partial charge >= 0.3 is 5.97 Å². The van der Waals surface area contributed by atoms with Crippen molar-refractivity contribution in [3.05, 3.63) is 0 Å². The van der Waals surface area contributed by atoms with Gasteiger partial charge in [0.1, 0.15) is 0 Å². The lowest BCUT2D eigenvalue weighted by molar-refractivity contribution is -0.140. The van der Waals surface area contributed by atoms with E-state index in [0.717, 1.165) is 5.75 Å². The van der Waals surface area contributed by atoms with Gasteiger partial charge < -0.3 is 4.74 Å². The Kier molecular flexibility index (Phi) is 19.7. The van der Waals surface area contributed by atoms with Gasteiger partial charge in [0.25, 0.3) is 0 Å². The highest BCUT2D eigenvalue weighted by atomic mass is 32.2. The molecule has 2 nitrogen and oxygen atoms in total. The topological polar surface area (TPSA) is 26.3 Å². The molecule has 0 aliphatic carbocycles. The molecular weight excluding hydrogens is 304 g/mol. The van der Waals surface area contributed by atoms with E-state index in [1.807, 2.05) is 11.8 Å². The van der Waals surface area contributed by atoms with Crippen LogP contribution in [-0.2, 0) is 9.53 Å². The van der Waals surface area contributed by atoms with E-state index < -0.39 is 0 Å². The molecule has 3 heteroatoms. The number of hydrogen-bond acceptors (Lipinski definition) is 3. The number of methoxy groups -OCH3 is 1. The summed E-state index contributed by atoms with van der Waals surface area (Å²) in [7, 11) is 1.46. The van der Waals surface area contributed by atoms with Crippen molar-refractivity contribution in [2.24, 2.45) is 0 Å². The maximum Gasteiger partial charge on any atom is 0.306 e. The Morgan fingerprint density at radius 2 is 1.13 bits per heavy atom. The average molecular weight is 345 g/mol. The number of hydrogen-bond donors (Lipinski definition) is 0. The van der Waals surface area contributed by atoms with Crippen LogP contribution in [0.4, 0.5) is 0 Å². The highest BCUT2D eigenvalue weighted by molar-refractivity contribution is 7.99. The molecular formula is C20H40O2S. The third-order valence-corrected chi connectivity index (χ3v) is 5.39. The molecule has 0 aromatic rings. The fourth-order valence-corrected chi connectivity index (χ4v) is 3.68. The van der Waals surface area contributed by atoms with Crippen LogP contribution in [0.15, 0.2) is 0 Å². The van der Waals surface area contributed by atoms with Gasteiger partial charge in [-0.05, 0) is 12.2 Å². The van der Waals surface area contributed by atoms with E-state index in [9.17, 15) is 4.79 Å². The monoisotopic (exact) mass is 344 g/mol. The van der Waals surface area contributed by atoms with E-state index in [0.29, 0.717) is 6.42 Å². The van der Waals surface area contributed by atoms with E-state index in [4.69, 9.17) is 0 Å². The molecule has 0 bridgehead atoms. The molecule has 0 aromatic carbocycles. The molecule has 0 radical (unpaired) electrons. The first-order chi connectivity index (χ1) is 11.3. The molecule has 0 N–H and O–H groups in total. The number of rotatable bonds is 18. The molecule has 0 fully saturated rings. The second kappa shape index (κ2) is 19.9. The molecule has 0 rings (SSSR count). The van der Waals surface area contributed by atoms with Gasteiger partial charge in [0.15, 0.2) is 0 Å². The molecule has 0 amide bonds. The summed E-state index contributed by atoms with van der Waals surface area (Å²) in [5, 5.41) is 0. The maximum absolute atomic E-state index is 10.9. The van der Waals surface area contributed by atoms with Crippen molar-refractivity contribution >= 4 is 17.7 Å². The minimum atomic E-state index is -0.0848. The Hall–Kier alpha value is -0.180. The number of unbranched alkanes of at least 4 members (excludes halogenated alkanes) is 13. The third kappa shape index (κ3) is 19.8. The molecule has 0 heterocycles. The molecule has 0 unspecified atom stereocenters. The minimum Gasteiger partial charge on any atom is -0.469 e. The van der Waals surface area contributed by atoms with Gasteiger partial charge in [0.05, 0.1) is 13.5 Å². The highest BCUT2D eigenvalue weighted by Gasteiger charge is 1.99. The molecule has 0 atom stereocenters. The Morgan fingerprint density at radius 3 is 1.57 bits per heavy atom. The number of ether oxygens (including phenoxy) is 1. The van der Waals surface area contributed by atoms with E-state index in [2.05, 4.69) is 11.7 Å². The first-order valence-corrected chi connectivity index (χ1v) is 11.1. The van der Waals surface area contributed by atoms with Gasteiger partial charge in [-0.1, -0.05) is 90.4 Å². The smallest absolute Gasteiger partial charge is 0.306 e. The summed E-state index contributed by atoms with van der Waals surface area (Å²) in [5.74, 6) is 2.01. The maximum atomic E-state index is 10.9. The highest BCUT2D eigenvalue weighted by Crippen LogP contribution is 2.14. The van der Waals surface area contributed by atoms with E-state index in [1.165, 1.54) is 103 Å². The van der Waals surface area contributed by atoms with E-state index in [-0.39, 0.29) is 5.97 Å². The number of esters is 1. The summed E-state index contributed by atoms with van der Waals surface area (Å²) in [4.78, 5) is 10.9. The zero-order valence-corrected chi connectivity index (χ0v) is 16.6. The van der Waals surface area contributed by atoms with Gasteiger partial charge in [-0.15, -0.1) is 0 Å². The van der Waals surface area contributed by atoms with Crippen molar-refractivity contribution in [3.63, 3.8) is 0 Å². The van der Waals surface area contributed by atoms with Crippen molar-refractivity contribution in [2.45, 2.75) is 103 Å². The van der Waals surface area contributed by atoms with E-state index >= 15 is 0 Å². The molecule has 0 spiro atoms. The molecule has 0 saturated heterocycles. The third-order valence-electron chi connectivity index (χ3n) is 4.32. The van der Waals surface area contributed by atoms with Crippen molar-refractivity contribution < 1.29 is 9.53 Å². The molecule has 0 aromatic heterocycles. The van der Waals surface area contributed by atoms with Crippen LogP contribution in [0, 0.1) is 0 Å². The molecule has 0 aliphatic heterocycles. The normalized spacial score (nSPS) is 10.9. The van der Waals surface area contributed by atoms with Crippen molar-refractivity contribution in [3.8, 4) is 0 Å². The van der Waals surface area contributed by atoms with Crippen molar-refractivity contribution in [2.75, 3.05) is 18.6 Å². The van der Waals surface area contributed by atoms with Gasteiger partial charge in [-0.25, -0.2) is 0 Å². The lowest BCUT2D eigenvalue weighted by Gasteiger charge is -2.03. The lowest BCUT2D eigenvalue weighted by Crippen LogP contribution is -2.01. The summed E-state index contributed by atoms with van der Waals surface area (Å²) in [6.45, 7) is 2.28. The first kappa shape index (κ1) is 22.8. The Balaban J connectivity index is 2.99. The summed E-state index contributed by atoms with van der Waals surface area (Å²) >= 11 is 1.88. The van der Waals surface area contributed by atoms with Crippen LogP contribution in [-0.4, -0.2) is 24.6 Å². The lowest BCUT2D eigenvalue weighted by atomic mass is 10.0. The fraction of sp³-hybridized carbons (Fsp3) is 0.950. The van der Waals surface area contributed by atoms with Crippen LogP contribution in [0.25, 0.3) is 0 Å². The van der Waals surface area contributed by atoms with Gasteiger partial charge in [0, 0.05) is 5.75 Å². The SMILES string of the molecule is CCCCCCCCCCCCCCCCSCCC(=O)OC. The Labute approximate surface area is 149 Å². The van der Waals surface area contributed by atoms with Gasteiger partial charge in [-0.3, -0.25) is 4.79 Å². The summed E-state index contributed by atoms with van der Waals surface area (Å²) in [6, 6.07) is 0. The summed E-state index contributed by atoms with van der Waals surface area (Å²) < 4.78 is 4.63. The fourth-order valence-electron chi connectivity index (χ4n) is 2.76. The second-order valence-electron chi connectivity index (χ2n) is 6.53. The van der Waals surface area contributed by atoms with Crippen LogP contribution in [0.5, 0.6) is 0 Å². The van der Waals surface area contributed by atoms with Crippen LogP contribution in [0.2, 0.25) is 0 Å². The van der Waals surface area contributed by atoms with Crippen molar-refractivity contribution in [1.82, 2.24) is 0 Å². The van der Waals surface area contributed by atoms with E-state index in [1.54, 1.807) is 0 Å². The molecule has 0 saturated carbocycles.